The summed E-state index contributed by atoms with van der Waals surface area (Å²) >= 11 is 0. The minimum absolute atomic E-state index is 0.426. The Hall–Kier alpha value is -3.42. The molecule has 0 amide bonds. The number of hydrogen-bond acceptors (Lipinski definition) is 7. The first kappa shape index (κ1) is 18.4. The van der Waals surface area contributed by atoms with Crippen molar-refractivity contribution in [2.75, 3.05) is 13.1 Å². The molecule has 3 heterocycles. The maximum atomic E-state index is 5.72. The van der Waals surface area contributed by atoms with Gasteiger partial charge in [0.15, 0.2) is 17.3 Å². The molecule has 0 unspecified atom stereocenters. The second-order valence-electron chi connectivity index (χ2n) is 5.58. The summed E-state index contributed by atoms with van der Waals surface area (Å²) in [6.45, 7) is 7.32. The molecule has 0 radical (unpaired) electrons. The van der Waals surface area contributed by atoms with Crippen LogP contribution in [0.1, 0.15) is 17.2 Å². The summed E-state index contributed by atoms with van der Waals surface area (Å²) in [5.74, 6) is 7.28. The van der Waals surface area contributed by atoms with Crippen LogP contribution in [0, 0.1) is 18.8 Å². The lowest BCUT2D eigenvalue weighted by atomic mass is 10.3. The van der Waals surface area contributed by atoms with Crippen LogP contribution in [-0.4, -0.2) is 55.2 Å². The summed E-state index contributed by atoms with van der Waals surface area (Å²) in [4.78, 5) is 25.3. The molecule has 10 heteroatoms. The van der Waals surface area contributed by atoms with Crippen LogP contribution in [0.2, 0.25) is 0 Å². The smallest absolute Gasteiger partial charge is 0.187 e. The molecule has 3 aromatic rings. The Morgan fingerprint density at radius 3 is 2.74 bits per heavy atom. The van der Waals surface area contributed by atoms with Crippen LogP contribution in [0.5, 0.6) is 0 Å². The van der Waals surface area contributed by atoms with Gasteiger partial charge >= 0.3 is 0 Å². The SMILES string of the molecule is C=N/C=N\c1c(C)nc(C#Cc2ncnc3c2ncn3CCN)n1CCN. The maximum absolute atomic E-state index is 5.72. The molecule has 0 aliphatic heterocycles. The first-order valence-electron chi connectivity index (χ1n) is 8.33. The van der Waals surface area contributed by atoms with Gasteiger partial charge in [0.2, 0.25) is 0 Å². The van der Waals surface area contributed by atoms with Crippen molar-refractivity contribution >= 4 is 30.0 Å². The first-order chi connectivity index (χ1) is 13.2. The number of nitrogens with zero attached hydrogens (tertiary/aromatic N) is 8. The summed E-state index contributed by atoms with van der Waals surface area (Å²) in [6.07, 6.45) is 4.52. The van der Waals surface area contributed by atoms with Crippen LogP contribution in [0.15, 0.2) is 22.6 Å². The Balaban J connectivity index is 2.04. The number of aromatic nitrogens is 6. The van der Waals surface area contributed by atoms with Crippen LogP contribution in [0.4, 0.5) is 5.82 Å². The molecular weight excluding hydrogens is 344 g/mol. The van der Waals surface area contributed by atoms with Gasteiger partial charge in [-0.3, -0.25) is 4.99 Å². The molecule has 3 rings (SSSR count). The maximum Gasteiger partial charge on any atom is 0.187 e. The Kier molecular flexibility index (Phi) is 5.65. The van der Waals surface area contributed by atoms with Gasteiger partial charge in [-0.25, -0.2) is 24.9 Å². The Bertz CT molecular complexity index is 1050. The van der Waals surface area contributed by atoms with Crippen LogP contribution in [0.3, 0.4) is 0 Å². The number of fused-ring (bicyclic) bond motifs is 1. The van der Waals surface area contributed by atoms with E-state index in [0.29, 0.717) is 54.7 Å². The molecule has 0 aliphatic carbocycles. The molecule has 0 fully saturated rings. The van der Waals surface area contributed by atoms with E-state index in [1.54, 1.807) is 6.33 Å². The van der Waals surface area contributed by atoms with E-state index in [1.165, 1.54) is 12.7 Å². The number of imidazole rings is 2. The molecule has 0 atom stereocenters. The molecule has 0 aliphatic rings. The average Bonchev–Trinajstić information content (AvgIpc) is 3.21. The Morgan fingerprint density at radius 2 is 2.00 bits per heavy atom. The fourth-order valence-corrected chi connectivity index (χ4v) is 2.65. The van der Waals surface area contributed by atoms with Gasteiger partial charge in [0, 0.05) is 26.2 Å². The van der Waals surface area contributed by atoms with E-state index in [4.69, 9.17) is 11.5 Å². The van der Waals surface area contributed by atoms with Gasteiger partial charge in [-0.15, -0.1) is 0 Å². The standard InChI is InChI=1S/C17H20N10/c1-12-16(22-9-20-2)27(8-6-19)14(25-12)4-3-13-15-17(23-10-21-13)26(7-5-18)11-24-15/h9-11H,2,5-8,18-19H2,1H3/b22-9-. The van der Waals surface area contributed by atoms with Gasteiger partial charge in [-0.2, -0.15) is 0 Å². The lowest BCUT2D eigenvalue weighted by Crippen LogP contribution is -2.11. The molecule has 10 nitrogen and oxygen atoms in total. The molecule has 0 spiro atoms. The number of nitrogens with two attached hydrogens (primary N) is 2. The third-order valence-electron chi connectivity index (χ3n) is 3.79. The van der Waals surface area contributed by atoms with Crippen LogP contribution >= 0.6 is 0 Å². The zero-order chi connectivity index (χ0) is 19.2. The monoisotopic (exact) mass is 364 g/mol. The molecule has 3 aromatic heterocycles. The van der Waals surface area contributed by atoms with Crippen molar-refractivity contribution in [2.24, 2.45) is 21.5 Å². The summed E-state index contributed by atoms with van der Waals surface area (Å²) in [7, 11) is 0. The highest BCUT2D eigenvalue weighted by molar-refractivity contribution is 5.76. The van der Waals surface area contributed by atoms with Crippen molar-refractivity contribution in [3.63, 3.8) is 0 Å². The van der Waals surface area contributed by atoms with Gasteiger partial charge in [0.05, 0.1) is 12.0 Å². The van der Waals surface area contributed by atoms with Crippen LogP contribution in [-0.2, 0) is 13.1 Å². The van der Waals surface area contributed by atoms with Gasteiger partial charge in [0.25, 0.3) is 0 Å². The van der Waals surface area contributed by atoms with Crippen LogP contribution in [0.25, 0.3) is 11.2 Å². The van der Waals surface area contributed by atoms with Gasteiger partial charge < -0.3 is 20.6 Å². The van der Waals surface area contributed by atoms with Crippen molar-refractivity contribution in [3.05, 3.63) is 29.9 Å². The number of aliphatic imine (C=N–C) groups is 2. The Labute approximate surface area is 156 Å². The molecule has 138 valence electrons. The van der Waals surface area contributed by atoms with E-state index in [9.17, 15) is 0 Å². The molecule has 0 bridgehead atoms. The summed E-state index contributed by atoms with van der Waals surface area (Å²) < 4.78 is 3.71. The summed E-state index contributed by atoms with van der Waals surface area (Å²) in [5.41, 5.74) is 13.9. The fraction of sp³-hybridized carbons (Fsp3) is 0.294. The first-order valence-corrected chi connectivity index (χ1v) is 8.33. The second-order valence-corrected chi connectivity index (χ2v) is 5.58. The van der Waals surface area contributed by atoms with Gasteiger partial charge in [-0.05, 0) is 25.5 Å². The topological polar surface area (TPSA) is 138 Å². The molecule has 4 N–H and O–H groups in total. The van der Waals surface area contributed by atoms with E-state index in [0.717, 1.165) is 5.69 Å². The Morgan fingerprint density at radius 1 is 1.19 bits per heavy atom. The third-order valence-corrected chi connectivity index (χ3v) is 3.79. The molecule has 0 aromatic carbocycles. The van der Waals surface area contributed by atoms with E-state index >= 15 is 0 Å². The normalized spacial score (nSPS) is 11.1. The predicted octanol–water partition coefficient (Wildman–Crippen LogP) is 0.00882. The van der Waals surface area contributed by atoms with E-state index < -0.39 is 0 Å². The highest BCUT2D eigenvalue weighted by Crippen LogP contribution is 2.20. The highest BCUT2D eigenvalue weighted by Gasteiger charge is 2.12. The van der Waals surface area contributed by atoms with Crippen LogP contribution < -0.4 is 11.5 Å². The largest absolute Gasteiger partial charge is 0.329 e. The van der Waals surface area contributed by atoms with Crippen molar-refractivity contribution in [1.82, 2.24) is 29.1 Å². The minimum atomic E-state index is 0.426. The molecule has 0 saturated heterocycles. The van der Waals surface area contributed by atoms with E-state index in [-0.39, 0.29) is 0 Å². The number of hydrogen-bond donors (Lipinski definition) is 2. The van der Waals surface area contributed by atoms with Crippen molar-refractivity contribution in [1.29, 1.82) is 0 Å². The minimum Gasteiger partial charge on any atom is -0.329 e. The highest BCUT2D eigenvalue weighted by atomic mass is 15.2. The second kappa shape index (κ2) is 8.31. The molecular formula is C17H20N10. The molecule has 0 saturated carbocycles. The van der Waals surface area contributed by atoms with E-state index in [2.05, 4.69) is 48.5 Å². The lowest BCUT2D eigenvalue weighted by molar-refractivity contribution is 0.702. The zero-order valence-corrected chi connectivity index (χ0v) is 15.0. The van der Waals surface area contributed by atoms with Crippen molar-refractivity contribution in [3.8, 4) is 11.8 Å². The number of rotatable bonds is 6. The van der Waals surface area contributed by atoms with Crippen molar-refractivity contribution in [2.45, 2.75) is 20.0 Å². The zero-order valence-electron chi connectivity index (χ0n) is 15.0. The average molecular weight is 364 g/mol. The number of aryl methyl sites for hydroxylation is 1. The van der Waals surface area contributed by atoms with Gasteiger partial charge in [0.1, 0.15) is 23.9 Å². The summed E-state index contributed by atoms with van der Waals surface area (Å²) in [6, 6.07) is 0. The summed E-state index contributed by atoms with van der Waals surface area (Å²) in [5, 5.41) is 0. The third kappa shape index (κ3) is 3.74. The van der Waals surface area contributed by atoms with Gasteiger partial charge in [-0.1, -0.05) is 0 Å². The van der Waals surface area contributed by atoms with Crippen molar-refractivity contribution < 1.29 is 0 Å². The quantitative estimate of drug-likeness (QED) is 0.359. The fourth-order valence-electron chi connectivity index (χ4n) is 2.65. The molecule has 27 heavy (non-hydrogen) atoms. The van der Waals surface area contributed by atoms with E-state index in [1.807, 2.05) is 16.1 Å². The predicted molar refractivity (Wildman–Crippen MR) is 104 cm³/mol. The lowest BCUT2D eigenvalue weighted by Gasteiger charge is -2.04.